The lowest BCUT2D eigenvalue weighted by Crippen LogP contribution is -2.42. The number of aromatic nitrogens is 1. The van der Waals surface area contributed by atoms with Crippen molar-refractivity contribution >= 4 is 14.4 Å². The molecule has 0 aromatic carbocycles. The summed E-state index contributed by atoms with van der Waals surface area (Å²) in [4.78, 5) is 26.4. The van der Waals surface area contributed by atoms with Gasteiger partial charge in [0, 0.05) is 18.3 Å². The first kappa shape index (κ1) is 24.5. The molecule has 1 amide bonds. The molecule has 1 aromatic heterocycles. The highest BCUT2D eigenvalue weighted by molar-refractivity contribution is 6.72. The largest absolute Gasteiger partial charge is 0.444 e. The predicted octanol–water partition coefficient (Wildman–Crippen LogP) is 4.15. The van der Waals surface area contributed by atoms with Gasteiger partial charge in [-0.25, -0.2) is 9.18 Å². The molecule has 0 spiro atoms. The fraction of sp³-hybridized carbons (Fsp3) is 0.700. The number of hydrogen-bond donors (Lipinski definition) is 3. The Bertz CT molecular complexity index is 656. The van der Waals surface area contributed by atoms with Gasteiger partial charge in [0.1, 0.15) is 11.4 Å². The third-order valence-electron chi connectivity index (χ3n) is 5.06. The number of aliphatic hydroxyl groups excluding tert-OH is 1. The van der Waals surface area contributed by atoms with Crippen LogP contribution in [-0.2, 0) is 4.74 Å². The first-order valence-electron chi connectivity index (χ1n) is 9.58. The second kappa shape index (κ2) is 9.32. The summed E-state index contributed by atoms with van der Waals surface area (Å²) in [5.41, 5.74) is -0.216. The summed E-state index contributed by atoms with van der Waals surface area (Å²) in [7, 11) is -2.48. The molecule has 28 heavy (non-hydrogen) atoms. The molecule has 0 aliphatic carbocycles. The van der Waals surface area contributed by atoms with Crippen molar-refractivity contribution in [2.45, 2.75) is 77.3 Å². The Morgan fingerprint density at radius 3 is 2.39 bits per heavy atom. The summed E-state index contributed by atoms with van der Waals surface area (Å²) in [6.07, 6.45) is 1.96. The van der Waals surface area contributed by atoms with E-state index in [1.54, 1.807) is 20.8 Å². The Balaban J connectivity index is 2.89. The summed E-state index contributed by atoms with van der Waals surface area (Å²) in [5.74, 6) is -0.649. The van der Waals surface area contributed by atoms with E-state index < -0.39 is 31.9 Å². The third-order valence-corrected chi connectivity index (χ3v) is 8.57. The maximum absolute atomic E-state index is 13.4. The Morgan fingerprint density at radius 2 is 1.89 bits per heavy atom. The zero-order valence-electron chi connectivity index (χ0n) is 18.0. The van der Waals surface area contributed by atoms with Crippen LogP contribution in [-0.4, -0.2) is 41.4 Å². The molecule has 0 radical (unpaired) electrons. The van der Waals surface area contributed by atoms with Crippen molar-refractivity contribution in [3.63, 3.8) is 0 Å². The van der Waals surface area contributed by atoms with Crippen molar-refractivity contribution in [3.05, 3.63) is 29.8 Å². The van der Waals surface area contributed by atoms with E-state index in [1.807, 2.05) is 26.9 Å². The van der Waals surface area contributed by atoms with Gasteiger partial charge in [0.15, 0.2) is 8.32 Å². The van der Waals surface area contributed by atoms with E-state index in [1.165, 1.54) is 12.3 Å². The van der Waals surface area contributed by atoms with Crippen LogP contribution in [0.15, 0.2) is 18.5 Å². The molecular weight excluding hydrogens is 379 g/mol. The van der Waals surface area contributed by atoms with Crippen molar-refractivity contribution in [2.75, 3.05) is 6.54 Å². The summed E-state index contributed by atoms with van der Waals surface area (Å²) in [5, 5.41) is 13.0. The van der Waals surface area contributed by atoms with E-state index in [0.717, 1.165) is 6.20 Å². The molecule has 1 rings (SSSR count). The van der Waals surface area contributed by atoms with Crippen molar-refractivity contribution in [1.29, 1.82) is 0 Å². The van der Waals surface area contributed by atoms with Gasteiger partial charge < -0.3 is 20.0 Å². The number of halogens is 1. The molecule has 1 heterocycles. The Labute approximate surface area is 168 Å². The van der Waals surface area contributed by atoms with Crippen molar-refractivity contribution in [1.82, 2.24) is 10.3 Å². The molecule has 0 saturated heterocycles. The summed E-state index contributed by atoms with van der Waals surface area (Å²) < 4.78 is 18.7. The number of amides is 1. The normalized spacial score (nSPS) is 15.1. The topological polar surface area (TPSA) is 91.7 Å². The number of nitrogens with zero attached hydrogens (tertiary/aromatic N) is 1. The van der Waals surface area contributed by atoms with Crippen LogP contribution >= 0.6 is 0 Å². The zero-order valence-corrected chi connectivity index (χ0v) is 19.0. The van der Waals surface area contributed by atoms with Crippen molar-refractivity contribution in [3.8, 4) is 0 Å². The molecular formula is C20H35FN2O4Si. The molecule has 2 atom stereocenters. The minimum Gasteiger partial charge on any atom is -0.444 e. The van der Waals surface area contributed by atoms with E-state index in [9.17, 15) is 19.1 Å². The average Bonchev–Trinajstić information content (AvgIpc) is 2.49. The lowest BCUT2D eigenvalue weighted by molar-refractivity contribution is 0.0505. The number of hydrogen-bond acceptors (Lipinski definition) is 5. The molecule has 0 aliphatic heterocycles. The minimum atomic E-state index is -2.48. The highest BCUT2D eigenvalue weighted by Gasteiger charge is 2.40. The van der Waals surface area contributed by atoms with Gasteiger partial charge in [-0.3, -0.25) is 4.98 Å². The smallest absolute Gasteiger partial charge is 0.407 e. The molecule has 0 bridgehead atoms. The number of alkyl carbamates (subject to hydrolysis) is 1. The Hall–Kier alpha value is -1.51. The Morgan fingerprint density at radius 1 is 1.29 bits per heavy atom. The summed E-state index contributed by atoms with van der Waals surface area (Å²) in [6, 6.07) is 1.26. The maximum atomic E-state index is 13.4. The number of aliphatic hydroxyl groups is 1. The predicted molar refractivity (Wildman–Crippen MR) is 110 cm³/mol. The standard InChI is InChI=1S/C20H35FN2O4Si/c1-19(2,3)27-18(25)23-11-14(10-20(4,5)28(6,7)26)8-17(24)15-9-16(21)13-22-12-15/h9,12-14,17,24,26H,8,10-11H2,1-7H3,(H,23,25)/t14-,17?/m0/s1. The van der Waals surface area contributed by atoms with Crippen LogP contribution in [0.1, 0.15) is 59.1 Å². The number of carbonyl (C=O) groups excluding carboxylic acids is 1. The van der Waals surface area contributed by atoms with E-state index in [4.69, 9.17) is 4.74 Å². The molecule has 8 heteroatoms. The number of nitrogens with one attached hydrogen (secondary N) is 1. The molecule has 160 valence electrons. The quantitative estimate of drug-likeness (QED) is 0.556. The van der Waals surface area contributed by atoms with Crippen LogP contribution < -0.4 is 5.32 Å². The highest BCUT2D eigenvalue weighted by Crippen LogP contribution is 2.43. The van der Waals surface area contributed by atoms with Gasteiger partial charge in [-0.2, -0.15) is 0 Å². The second-order valence-corrected chi connectivity index (χ2v) is 14.1. The van der Waals surface area contributed by atoms with E-state index in [-0.39, 0.29) is 17.5 Å². The van der Waals surface area contributed by atoms with Gasteiger partial charge in [-0.15, -0.1) is 0 Å². The molecule has 0 aliphatic rings. The van der Waals surface area contributed by atoms with Crippen LogP contribution in [0.2, 0.25) is 18.1 Å². The first-order chi connectivity index (χ1) is 12.6. The Kier molecular flexibility index (Phi) is 8.17. The molecule has 1 unspecified atom stereocenters. The van der Waals surface area contributed by atoms with Crippen LogP contribution in [0, 0.1) is 11.7 Å². The lowest BCUT2D eigenvalue weighted by atomic mass is 9.89. The fourth-order valence-corrected chi connectivity index (χ4v) is 3.60. The van der Waals surface area contributed by atoms with Gasteiger partial charge in [0.2, 0.25) is 0 Å². The summed E-state index contributed by atoms with van der Waals surface area (Å²) >= 11 is 0. The van der Waals surface area contributed by atoms with E-state index in [0.29, 0.717) is 18.4 Å². The number of pyridine rings is 1. The monoisotopic (exact) mass is 414 g/mol. The van der Waals surface area contributed by atoms with Gasteiger partial charge >= 0.3 is 6.09 Å². The zero-order chi connectivity index (χ0) is 21.8. The molecule has 6 nitrogen and oxygen atoms in total. The lowest BCUT2D eigenvalue weighted by Gasteiger charge is -2.38. The fourth-order valence-electron chi connectivity index (χ4n) is 2.81. The summed E-state index contributed by atoms with van der Waals surface area (Å²) in [6.45, 7) is 13.4. The van der Waals surface area contributed by atoms with Gasteiger partial charge in [0.05, 0.1) is 12.3 Å². The molecule has 0 saturated carbocycles. The van der Waals surface area contributed by atoms with Crippen molar-refractivity contribution in [2.24, 2.45) is 5.92 Å². The molecule has 0 fully saturated rings. The number of rotatable bonds is 8. The van der Waals surface area contributed by atoms with Crippen LogP contribution in [0.25, 0.3) is 0 Å². The maximum Gasteiger partial charge on any atom is 0.407 e. The van der Waals surface area contributed by atoms with Gasteiger partial charge in [-0.1, -0.05) is 13.8 Å². The van der Waals surface area contributed by atoms with Crippen LogP contribution in [0.3, 0.4) is 0 Å². The van der Waals surface area contributed by atoms with Crippen molar-refractivity contribution < 1.29 is 23.8 Å². The van der Waals surface area contributed by atoms with Gasteiger partial charge in [0.25, 0.3) is 0 Å². The van der Waals surface area contributed by atoms with Crippen LogP contribution in [0.5, 0.6) is 0 Å². The number of ether oxygens (including phenoxy) is 1. The minimum absolute atomic E-state index is 0.139. The average molecular weight is 415 g/mol. The molecule has 3 N–H and O–H groups in total. The number of carbonyl (C=O) groups is 1. The SMILES string of the molecule is CC(C)(C)OC(=O)NC[C@@H](CC(O)c1cncc(F)c1)CC(C)(C)[Si](C)(C)O. The highest BCUT2D eigenvalue weighted by atomic mass is 28.4. The van der Waals surface area contributed by atoms with Gasteiger partial charge in [-0.05, 0) is 63.7 Å². The third kappa shape index (κ3) is 8.24. The van der Waals surface area contributed by atoms with Crippen LogP contribution in [0.4, 0.5) is 9.18 Å². The first-order valence-corrected chi connectivity index (χ1v) is 12.5. The van der Waals surface area contributed by atoms with E-state index >= 15 is 0 Å². The second-order valence-electron chi connectivity index (χ2n) is 9.58. The molecule has 1 aromatic rings. The van der Waals surface area contributed by atoms with E-state index in [2.05, 4.69) is 10.3 Å².